The summed E-state index contributed by atoms with van der Waals surface area (Å²) in [7, 11) is 1.53. The molecule has 2 aromatic rings. The molecule has 18 heavy (non-hydrogen) atoms. The van der Waals surface area contributed by atoms with Crippen molar-refractivity contribution in [3.63, 3.8) is 0 Å². The lowest BCUT2D eigenvalue weighted by Crippen LogP contribution is -2.10. The molecule has 0 aliphatic carbocycles. The molecule has 0 radical (unpaired) electrons. The number of benzene rings is 1. The number of hydrogen-bond acceptors (Lipinski definition) is 3. The van der Waals surface area contributed by atoms with E-state index in [1.165, 1.54) is 7.11 Å². The molecule has 0 fully saturated rings. The lowest BCUT2D eigenvalue weighted by atomic mass is 10.2. The first-order valence-corrected chi connectivity index (χ1v) is 5.14. The van der Waals surface area contributed by atoms with Gasteiger partial charge in [-0.1, -0.05) is 0 Å². The van der Waals surface area contributed by atoms with Crippen molar-refractivity contribution in [2.75, 3.05) is 7.11 Å². The number of oxazole rings is 1. The summed E-state index contributed by atoms with van der Waals surface area (Å²) in [6.45, 7) is 0. The number of alkyl halides is 3. The van der Waals surface area contributed by atoms with Crippen LogP contribution in [-0.2, 0) is 6.42 Å². The van der Waals surface area contributed by atoms with Crippen LogP contribution in [-0.4, -0.2) is 18.3 Å². The first-order valence-electron chi connectivity index (χ1n) is 5.14. The Bertz CT molecular complexity index is 517. The fraction of sp³-hybridized carbons (Fsp3) is 0.250. The molecule has 1 aromatic heterocycles. The second-order valence-electron chi connectivity index (χ2n) is 3.65. The van der Waals surface area contributed by atoms with E-state index in [-0.39, 0.29) is 11.7 Å². The van der Waals surface area contributed by atoms with Gasteiger partial charge in [0.2, 0.25) is 5.89 Å². The number of aromatic nitrogens is 1. The summed E-state index contributed by atoms with van der Waals surface area (Å²) in [5.41, 5.74) is 0.601. The van der Waals surface area contributed by atoms with E-state index >= 15 is 0 Å². The van der Waals surface area contributed by atoms with Crippen LogP contribution in [0.2, 0.25) is 0 Å². The molecule has 0 aliphatic rings. The molecule has 0 unspecified atom stereocenters. The van der Waals surface area contributed by atoms with Crippen LogP contribution in [0.4, 0.5) is 13.2 Å². The van der Waals surface area contributed by atoms with Gasteiger partial charge >= 0.3 is 6.18 Å². The number of ether oxygens (including phenoxy) is 1. The Kier molecular flexibility index (Phi) is 3.27. The second-order valence-corrected chi connectivity index (χ2v) is 3.65. The normalized spacial score (nSPS) is 11.6. The maximum absolute atomic E-state index is 12.1. The van der Waals surface area contributed by atoms with Crippen LogP contribution in [0.15, 0.2) is 34.9 Å². The zero-order valence-corrected chi connectivity index (χ0v) is 9.49. The standard InChI is InChI=1S/C12H10F3NO2/c1-17-9-4-2-8(3-5-9)11-16-7-10(18-11)6-12(13,14)15/h2-5,7H,6H2,1H3. The first-order chi connectivity index (χ1) is 8.48. The summed E-state index contributed by atoms with van der Waals surface area (Å²) in [5, 5.41) is 0. The summed E-state index contributed by atoms with van der Waals surface area (Å²) in [6, 6.07) is 6.70. The van der Waals surface area contributed by atoms with Crippen LogP contribution in [0, 0.1) is 0 Å². The van der Waals surface area contributed by atoms with Gasteiger partial charge in [0.25, 0.3) is 0 Å². The third-order valence-corrected chi connectivity index (χ3v) is 2.27. The van der Waals surface area contributed by atoms with Gasteiger partial charge in [-0.15, -0.1) is 0 Å². The van der Waals surface area contributed by atoms with Gasteiger partial charge in [0, 0.05) is 5.56 Å². The number of hydrogen-bond donors (Lipinski definition) is 0. The Morgan fingerprint density at radius 1 is 1.22 bits per heavy atom. The SMILES string of the molecule is COc1ccc(-c2ncc(CC(F)(F)F)o2)cc1. The molecule has 1 heterocycles. The summed E-state index contributed by atoms with van der Waals surface area (Å²) in [5.74, 6) is 0.617. The van der Waals surface area contributed by atoms with Gasteiger partial charge in [-0.05, 0) is 24.3 Å². The number of nitrogens with zero attached hydrogens (tertiary/aromatic N) is 1. The fourth-order valence-corrected chi connectivity index (χ4v) is 1.45. The molecule has 2 rings (SSSR count). The van der Waals surface area contributed by atoms with Crippen LogP contribution in [0.25, 0.3) is 11.5 Å². The third-order valence-electron chi connectivity index (χ3n) is 2.27. The summed E-state index contributed by atoms with van der Waals surface area (Å²) < 4.78 is 46.5. The lowest BCUT2D eigenvalue weighted by Gasteiger charge is -2.02. The molecule has 0 atom stereocenters. The predicted octanol–water partition coefficient (Wildman–Crippen LogP) is 3.46. The van der Waals surface area contributed by atoms with Crippen molar-refractivity contribution in [2.24, 2.45) is 0 Å². The molecule has 0 saturated carbocycles. The van der Waals surface area contributed by atoms with Gasteiger partial charge in [0.05, 0.1) is 13.3 Å². The Balaban J connectivity index is 2.18. The first kappa shape index (κ1) is 12.5. The van der Waals surface area contributed by atoms with Gasteiger partial charge in [-0.25, -0.2) is 4.98 Å². The van der Waals surface area contributed by atoms with Gasteiger partial charge in [-0.3, -0.25) is 0 Å². The maximum Gasteiger partial charge on any atom is 0.396 e. The lowest BCUT2D eigenvalue weighted by molar-refractivity contribution is -0.130. The second kappa shape index (κ2) is 4.72. The Hall–Kier alpha value is -1.98. The zero-order chi connectivity index (χ0) is 13.2. The van der Waals surface area contributed by atoms with Crippen LogP contribution >= 0.6 is 0 Å². The highest BCUT2D eigenvalue weighted by Gasteiger charge is 2.29. The van der Waals surface area contributed by atoms with Crippen LogP contribution in [0.1, 0.15) is 5.76 Å². The van der Waals surface area contributed by atoms with E-state index < -0.39 is 12.6 Å². The topological polar surface area (TPSA) is 35.3 Å². The molecule has 3 nitrogen and oxygen atoms in total. The number of rotatable bonds is 3. The van der Waals surface area contributed by atoms with Crippen LogP contribution < -0.4 is 4.74 Å². The van der Waals surface area contributed by atoms with Gasteiger partial charge in [-0.2, -0.15) is 13.2 Å². The van der Waals surface area contributed by atoms with E-state index in [2.05, 4.69) is 4.98 Å². The van der Waals surface area contributed by atoms with Crippen LogP contribution in [0.5, 0.6) is 5.75 Å². The number of halogens is 3. The van der Waals surface area contributed by atoms with E-state index in [0.29, 0.717) is 11.3 Å². The van der Waals surface area contributed by atoms with Crippen LogP contribution in [0.3, 0.4) is 0 Å². The third kappa shape index (κ3) is 3.03. The highest BCUT2D eigenvalue weighted by atomic mass is 19.4. The monoisotopic (exact) mass is 257 g/mol. The molecule has 6 heteroatoms. The van der Waals surface area contributed by atoms with Crippen molar-refractivity contribution in [2.45, 2.75) is 12.6 Å². The summed E-state index contributed by atoms with van der Waals surface area (Å²) >= 11 is 0. The largest absolute Gasteiger partial charge is 0.497 e. The Morgan fingerprint density at radius 3 is 2.44 bits per heavy atom. The molecule has 0 aliphatic heterocycles. The predicted molar refractivity (Wildman–Crippen MR) is 58.3 cm³/mol. The summed E-state index contributed by atoms with van der Waals surface area (Å²) in [4.78, 5) is 3.82. The molecular formula is C12H10F3NO2. The van der Waals surface area contributed by atoms with Crippen molar-refractivity contribution >= 4 is 0 Å². The molecule has 1 aromatic carbocycles. The molecule has 0 bridgehead atoms. The minimum atomic E-state index is -4.29. The van der Waals surface area contributed by atoms with Gasteiger partial charge in [0.1, 0.15) is 17.9 Å². The van der Waals surface area contributed by atoms with E-state index in [1.54, 1.807) is 24.3 Å². The van der Waals surface area contributed by atoms with Crippen molar-refractivity contribution in [3.05, 3.63) is 36.2 Å². The Labute approximate surface area is 101 Å². The maximum atomic E-state index is 12.1. The molecule has 0 N–H and O–H groups in total. The highest BCUT2D eigenvalue weighted by molar-refractivity contribution is 5.54. The van der Waals surface area contributed by atoms with E-state index in [0.717, 1.165) is 6.20 Å². The van der Waals surface area contributed by atoms with E-state index in [9.17, 15) is 13.2 Å². The zero-order valence-electron chi connectivity index (χ0n) is 9.49. The molecule has 0 spiro atoms. The van der Waals surface area contributed by atoms with E-state index in [1.807, 2.05) is 0 Å². The van der Waals surface area contributed by atoms with Crippen molar-refractivity contribution in [1.29, 1.82) is 0 Å². The molecule has 0 saturated heterocycles. The van der Waals surface area contributed by atoms with Gasteiger partial charge < -0.3 is 9.15 Å². The Morgan fingerprint density at radius 2 is 1.89 bits per heavy atom. The minimum Gasteiger partial charge on any atom is -0.497 e. The smallest absolute Gasteiger partial charge is 0.396 e. The highest BCUT2D eigenvalue weighted by Crippen LogP contribution is 2.26. The average molecular weight is 257 g/mol. The molecular weight excluding hydrogens is 247 g/mol. The quantitative estimate of drug-likeness (QED) is 0.844. The molecule has 0 amide bonds. The van der Waals surface area contributed by atoms with Crippen molar-refractivity contribution in [3.8, 4) is 17.2 Å². The minimum absolute atomic E-state index is 0.164. The number of methoxy groups -OCH3 is 1. The van der Waals surface area contributed by atoms with Gasteiger partial charge in [0.15, 0.2) is 0 Å². The summed E-state index contributed by atoms with van der Waals surface area (Å²) in [6.07, 6.45) is -4.32. The molecule has 96 valence electrons. The van der Waals surface area contributed by atoms with Crippen molar-refractivity contribution in [1.82, 2.24) is 4.98 Å². The average Bonchev–Trinajstić information content (AvgIpc) is 2.75. The fourth-order valence-electron chi connectivity index (χ4n) is 1.45. The van der Waals surface area contributed by atoms with E-state index in [4.69, 9.17) is 9.15 Å². The van der Waals surface area contributed by atoms with Crippen molar-refractivity contribution < 1.29 is 22.3 Å².